The molecule has 0 unspecified atom stereocenters. The van der Waals surface area contributed by atoms with Gasteiger partial charge in [0, 0.05) is 5.56 Å². The van der Waals surface area contributed by atoms with Gasteiger partial charge in [-0.05, 0) is 67.1 Å². The Morgan fingerprint density at radius 3 is 2.16 bits per heavy atom. The zero-order valence-electron chi connectivity index (χ0n) is 18.9. The summed E-state index contributed by atoms with van der Waals surface area (Å²) in [7, 11) is 0. The molecular formula is C27H30N2O2. The van der Waals surface area contributed by atoms with Crippen molar-refractivity contribution in [2.45, 2.75) is 47.1 Å². The highest BCUT2D eigenvalue weighted by atomic mass is 16.5. The number of hydrogen-bond acceptors (Lipinski definition) is 3. The first-order valence-electron chi connectivity index (χ1n) is 10.6. The summed E-state index contributed by atoms with van der Waals surface area (Å²) in [4.78, 5) is 12.4. The third-order valence-corrected chi connectivity index (χ3v) is 5.20. The van der Waals surface area contributed by atoms with Crippen LogP contribution in [0.3, 0.4) is 0 Å². The minimum absolute atomic E-state index is 0.236. The third kappa shape index (κ3) is 6.05. The van der Waals surface area contributed by atoms with Gasteiger partial charge in [-0.25, -0.2) is 5.43 Å². The van der Waals surface area contributed by atoms with Crippen LogP contribution in [0.4, 0.5) is 0 Å². The number of benzene rings is 3. The van der Waals surface area contributed by atoms with Crippen LogP contribution in [0.1, 0.15) is 64.9 Å². The molecule has 160 valence electrons. The fourth-order valence-corrected chi connectivity index (χ4v) is 3.22. The first kappa shape index (κ1) is 22.3. The smallest absolute Gasteiger partial charge is 0.271 e. The maximum atomic E-state index is 12.4. The summed E-state index contributed by atoms with van der Waals surface area (Å²) < 4.78 is 6.08. The predicted octanol–water partition coefficient (Wildman–Crippen LogP) is 6.16. The number of carbonyl (C=O) groups excluding carboxylic acids is 1. The zero-order valence-corrected chi connectivity index (χ0v) is 18.9. The Morgan fingerprint density at radius 1 is 0.903 bits per heavy atom. The summed E-state index contributed by atoms with van der Waals surface area (Å²) in [5, 5.41) is 4.23. The summed E-state index contributed by atoms with van der Waals surface area (Å²) in [6.07, 6.45) is 0. The molecule has 0 spiro atoms. The van der Waals surface area contributed by atoms with Crippen LogP contribution in [-0.2, 0) is 6.61 Å². The fraction of sp³-hybridized carbons (Fsp3) is 0.259. The summed E-state index contributed by atoms with van der Waals surface area (Å²) in [6.45, 7) is 10.8. The minimum atomic E-state index is -0.236. The average molecular weight is 415 g/mol. The molecule has 3 rings (SSSR count). The standard InChI is InChI=1S/C27H30N2O2/c1-18(2)25-15-8-20(4)16-26(25)31-17-22-9-13-24(14-10-22)27(30)29-28-21(5)23-11-6-19(3)7-12-23/h6-16,18H,17H2,1-5H3,(H,29,30)/b28-21-. The molecule has 4 nitrogen and oxygen atoms in total. The molecular weight excluding hydrogens is 384 g/mol. The Balaban J connectivity index is 1.61. The molecule has 0 saturated heterocycles. The van der Waals surface area contributed by atoms with Crippen molar-refractivity contribution in [3.8, 4) is 5.75 Å². The van der Waals surface area contributed by atoms with Gasteiger partial charge in [0.1, 0.15) is 12.4 Å². The van der Waals surface area contributed by atoms with E-state index in [1.54, 1.807) is 12.1 Å². The Kier molecular flexibility index (Phi) is 7.24. The summed E-state index contributed by atoms with van der Waals surface area (Å²) in [6, 6.07) is 21.8. The maximum absolute atomic E-state index is 12.4. The summed E-state index contributed by atoms with van der Waals surface area (Å²) in [5.41, 5.74) is 9.50. The lowest BCUT2D eigenvalue weighted by Crippen LogP contribution is -2.19. The number of amides is 1. The topological polar surface area (TPSA) is 50.7 Å². The SMILES string of the molecule is C/C(=N/NC(=O)c1ccc(COc2cc(C)ccc2C(C)C)cc1)c1ccc(C)cc1. The molecule has 0 saturated carbocycles. The van der Waals surface area contributed by atoms with E-state index in [4.69, 9.17) is 4.74 Å². The van der Waals surface area contributed by atoms with Crippen molar-refractivity contribution in [1.29, 1.82) is 0 Å². The van der Waals surface area contributed by atoms with Gasteiger partial charge in [-0.2, -0.15) is 5.10 Å². The van der Waals surface area contributed by atoms with Crippen LogP contribution in [0.25, 0.3) is 0 Å². The van der Waals surface area contributed by atoms with Gasteiger partial charge in [0.15, 0.2) is 0 Å². The summed E-state index contributed by atoms with van der Waals surface area (Å²) in [5.74, 6) is 1.07. The van der Waals surface area contributed by atoms with Crippen LogP contribution in [0.5, 0.6) is 5.75 Å². The second kappa shape index (κ2) is 10.1. The van der Waals surface area contributed by atoms with Crippen LogP contribution in [0.2, 0.25) is 0 Å². The van der Waals surface area contributed by atoms with E-state index < -0.39 is 0 Å². The van der Waals surface area contributed by atoms with Crippen molar-refractivity contribution in [3.63, 3.8) is 0 Å². The molecule has 0 bridgehead atoms. The van der Waals surface area contributed by atoms with E-state index in [1.807, 2.05) is 50.2 Å². The van der Waals surface area contributed by atoms with E-state index in [2.05, 4.69) is 49.5 Å². The molecule has 0 aromatic heterocycles. The third-order valence-electron chi connectivity index (χ3n) is 5.20. The van der Waals surface area contributed by atoms with Crippen molar-refractivity contribution in [2.24, 2.45) is 5.10 Å². The molecule has 3 aromatic rings. The first-order valence-corrected chi connectivity index (χ1v) is 10.6. The van der Waals surface area contributed by atoms with E-state index >= 15 is 0 Å². The lowest BCUT2D eigenvalue weighted by Gasteiger charge is -2.15. The number of rotatable bonds is 7. The quantitative estimate of drug-likeness (QED) is 0.372. The van der Waals surface area contributed by atoms with Gasteiger partial charge in [0.25, 0.3) is 5.91 Å². The van der Waals surface area contributed by atoms with Crippen LogP contribution in [0.15, 0.2) is 71.8 Å². The average Bonchev–Trinajstić information content (AvgIpc) is 2.76. The van der Waals surface area contributed by atoms with E-state index in [9.17, 15) is 4.79 Å². The normalized spacial score (nSPS) is 11.5. The molecule has 0 radical (unpaired) electrons. The van der Waals surface area contributed by atoms with Crippen LogP contribution < -0.4 is 10.2 Å². The van der Waals surface area contributed by atoms with Crippen molar-refractivity contribution in [1.82, 2.24) is 5.43 Å². The Morgan fingerprint density at radius 2 is 1.52 bits per heavy atom. The number of nitrogens with one attached hydrogen (secondary N) is 1. The number of carbonyl (C=O) groups is 1. The summed E-state index contributed by atoms with van der Waals surface area (Å²) >= 11 is 0. The minimum Gasteiger partial charge on any atom is -0.489 e. The molecule has 3 aromatic carbocycles. The maximum Gasteiger partial charge on any atom is 0.271 e. The van der Waals surface area contributed by atoms with Crippen LogP contribution >= 0.6 is 0 Å². The van der Waals surface area contributed by atoms with Crippen molar-refractivity contribution >= 4 is 11.6 Å². The van der Waals surface area contributed by atoms with E-state index in [-0.39, 0.29) is 5.91 Å². The molecule has 1 N–H and O–H groups in total. The molecule has 31 heavy (non-hydrogen) atoms. The van der Waals surface area contributed by atoms with Crippen molar-refractivity contribution in [3.05, 3.63) is 100 Å². The van der Waals surface area contributed by atoms with Gasteiger partial charge in [-0.15, -0.1) is 0 Å². The van der Waals surface area contributed by atoms with E-state index in [1.165, 1.54) is 16.7 Å². The highest BCUT2D eigenvalue weighted by molar-refractivity contribution is 6.00. The zero-order chi connectivity index (χ0) is 22.4. The van der Waals surface area contributed by atoms with Crippen molar-refractivity contribution < 1.29 is 9.53 Å². The van der Waals surface area contributed by atoms with Gasteiger partial charge in [-0.1, -0.05) is 67.9 Å². The molecule has 0 aliphatic heterocycles. The van der Waals surface area contributed by atoms with Gasteiger partial charge < -0.3 is 4.74 Å². The number of nitrogens with zero attached hydrogens (tertiary/aromatic N) is 1. The van der Waals surface area contributed by atoms with Gasteiger partial charge in [0.2, 0.25) is 0 Å². The highest BCUT2D eigenvalue weighted by Crippen LogP contribution is 2.28. The lowest BCUT2D eigenvalue weighted by atomic mass is 10.0. The fourth-order valence-electron chi connectivity index (χ4n) is 3.22. The molecule has 0 atom stereocenters. The van der Waals surface area contributed by atoms with E-state index in [0.717, 1.165) is 22.6 Å². The Hall–Kier alpha value is -3.40. The first-order chi connectivity index (χ1) is 14.8. The lowest BCUT2D eigenvalue weighted by molar-refractivity contribution is 0.0955. The van der Waals surface area contributed by atoms with Gasteiger partial charge in [0.05, 0.1) is 5.71 Å². The molecule has 1 amide bonds. The largest absolute Gasteiger partial charge is 0.489 e. The highest BCUT2D eigenvalue weighted by Gasteiger charge is 2.09. The number of aryl methyl sites for hydroxylation is 2. The molecule has 0 fully saturated rings. The van der Waals surface area contributed by atoms with Gasteiger partial charge >= 0.3 is 0 Å². The second-order valence-corrected chi connectivity index (χ2v) is 8.19. The predicted molar refractivity (Wildman–Crippen MR) is 127 cm³/mol. The number of ether oxygens (including phenoxy) is 1. The second-order valence-electron chi connectivity index (χ2n) is 8.19. The molecule has 0 aliphatic rings. The number of hydrazone groups is 1. The van der Waals surface area contributed by atoms with Crippen LogP contribution in [-0.4, -0.2) is 11.6 Å². The molecule has 0 aliphatic carbocycles. The Labute approximate surface area is 185 Å². The van der Waals surface area contributed by atoms with Crippen molar-refractivity contribution in [2.75, 3.05) is 0 Å². The van der Waals surface area contributed by atoms with E-state index in [0.29, 0.717) is 18.1 Å². The Bertz CT molecular complexity index is 1070. The van der Waals surface area contributed by atoms with Gasteiger partial charge in [-0.3, -0.25) is 4.79 Å². The molecule has 0 heterocycles. The monoisotopic (exact) mass is 414 g/mol. The van der Waals surface area contributed by atoms with Crippen LogP contribution in [0, 0.1) is 13.8 Å². The molecule has 4 heteroatoms. The number of hydrogen-bond donors (Lipinski definition) is 1.